The van der Waals surface area contributed by atoms with Crippen molar-refractivity contribution in [3.8, 4) is 0 Å². The smallest absolute Gasteiger partial charge is 0.185 e. The summed E-state index contributed by atoms with van der Waals surface area (Å²) in [5.74, 6) is 1.21. The quantitative estimate of drug-likeness (QED) is 0.922. The highest BCUT2D eigenvalue weighted by Gasteiger charge is 2.26. The summed E-state index contributed by atoms with van der Waals surface area (Å²) in [4.78, 5) is 8.72. The molecule has 3 nitrogen and oxygen atoms in total. The molecule has 5 heteroatoms. The minimum Gasteiger partial charge on any atom is -0.347 e. The number of nitrogens with one attached hydrogen (secondary N) is 1. The van der Waals surface area contributed by atoms with E-state index >= 15 is 0 Å². The number of hydrogen-bond acceptors (Lipinski definition) is 5. The van der Waals surface area contributed by atoms with Crippen LogP contribution in [-0.2, 0) is 6.54 Å². The van der Waals surface area contributed by atoms with Crippen LogP contribution in [0.25, 0.3) is 0 Å². The first-order chi connectivity index (χ1) is 9.53. The molecule has 0 bridgehead atoms. The number of aryl methyl sites for hydroxylation is 1. The van der Waals surface area contributed by atoms with Gasteiger partial charge < -0.3 is 10.2 Å². The predicted molar refractivity (Wildman–Crippen MR) is 90.1 cm³/mol. The summed E-state index contributed by atoms with van der Waals surface area (Å²) in [6.07, 6.45) is 3.94. The summed E-state index contributed by atoms with van der Waals surface area (Å²) in [5, 5.41) is 4.83. The zero-order valence-electron chi connectivity index (χ0n) is 12.7. The van der Waals surface area contributed by atoms with Gasteiger partial charge in [-0.3, -0.25) is 0 Å². The average molecular weight is 312 g/mol. The van der Waals surface area contributed by atoms with E-state index < -0.39 is 0 Å². The Balaban J connectivity index is 1.65. The first-order valence-corrected chi connectivity index (χ1v) is 9.42. The molecule has 0 aromatic carbocycles. The average Bonchev–Trinajstić information content (AvgIpc) is 3.16. The third kappa shape index (κ3) is 3.68. The van der Waals surface area contributed by atoms with Gasteiger partial charge in [-0.05, 0) is 26.2 Å². The lowest BCUT2D eigenvalue weighted by Crippen LogP contribution is -2.26. The molecular weight excluding hydrogens is 286 g/mol. The minimum atomic E-state index is 0.414. The SMILES string of the molecule is Cc1nc(N2CCSC(C)(C)CC2)sc1CNC1CC1. The van der Waals surface area contributed by atoms with Crippen LogP contribution < -0.4 is 10.2 Å². The minimum absolute atomic E-state index is 0.414. The van der Waals surface area contributed by atoms with E-state index in [9.17, 15) is 0 Å². The lowest BCUT2D eigenvalue weighted by molar-refractivity contribution is 0.637. The number of anilines is 1. The van der Waals surface area contributed by atoms with Crippen LogP contribution in [-0.4, -0.2) is 34.6 Å². The molecule has 1 saturated heterocycles. The molecule has 112 valence electrons. The fourth-order valence-corrected chi connectivity index (χ4v) is 4.61. The Labute approximate surface area is 130 Å². The van der Waals surface area contributed by atoms with Crippen molar-refractivity contribution >= 4 is 28.2 Å². The maximum atomic E-state index is 4.82. The van der Waals surface area contributed by atoms with E-state index in [1.165, 1.54) is 40.7 Å². The second-order valence-electron chi connectivity index (χ2n) is 6.51. The van der Waals surface area contributed by atoms with Crippen LogP contribution in [0.1, 0.15) is 43.7 Å². The molecule has 20 heavy (non-hydrogen) atoms. The Morgan fingerprint density at radius 2 is 2.15 bits per heavy atom. The molecule has 2 heterocycles. The highest BCUT2D eigenvalue weighted by molar-refractivity contribution is 8.00. The van der Waals surface area contributed by atoms with Crippen LogP contribution in [0.15, 0.2) is 0 Å². The number of rotatable bonds is 4. The molecule has 3 rings (SSSR count). The van der Waals surface area contributed by atoms with Crippen LogP contribution in [0, 0.1) is 6.92 Å². The standard InChI is InChI=1S/C15H25N3S2/c1-11-13(10-16-12-4-5-12)20-14(17-11)18-7-6-15(2,3)19-9-8-18/h12,16H,4-10H2,1-3H3. The molecule has 1 aromatic rings. The highest BCUT2D eigenvalue weighted by atomic mass is 32.2. The second-order valence-corrected chi connectivity index (χ2v) is 9.37. The van der Waals surface area contributed by atoms with Crippen molar-refractivity contribution in [3.05, 3.63) is 10.6 Å². The van der Waals surface area contributed by atoms with Crippen molar-refractivity contribution < 1.29 is 0 Å². The summed E-state index contributed by atoms with van der Waals surface area (Å²) in [5.41, 5.74) is 1.22. The van der Waals surface area contributed by atoms with Gasteiger partial charge in [-0.2, -0.15) is 11.8 Å². The van der Waals surface area contributed by atoms with Gasteiger partial charge in [-0.15, -0.1) is 11.3 Å². The summed E-state index contributed by atoms with van der Waals surface area (Å²) in [6.45, 7) is 10.2. The second kappa shape index (κ2) is 5.85. The van der Waals surface area contributed by atoms with E-state index in [0.29, 0.717) is 4.75 Å². The summed E-state index contributed by atoms with van der Waals surface area (Å²) >= 11 is 3.98. The fourth-order valence-electron chi connectivity index (χ4n) is 2.45. The van der Waals surface area contributed by atoms with E-state index in [2.05, 4.69) is 42.7 Å². The Morgan fingerprint density at radius 1 is 1.35 bits per heavy atom. The van der Waals surface area contributed by atoms with Gasteiger partial charge in [-0.1, -0.05) is 13.8 Å². The Morgan fingerprint density at radius 3 is 2.90 bits per heavy atom. The van der Waals surface area contributed by atoms with Crippen molar-refractivity contribution in [1.82, 2.24) is 10.3 Å². The molecule has 0 atom stereocenters. The van der Waals surface area contributed by atoms with Crippen LogP contribution in [0.3, 0.4) is 0 Å². The molecule has 2 fully saturated rings. The number of thiazole rings is 1. The first-order valence-electron chi connectivity index (χ1n) is 7.62. The zero-order chi connectivity index (χ0) is 14.2. The van der Waals surface area contributed by atoms with Crippen LogP contribution in [0.4, 0.5) is 5.13 Å². The van der Waals surface area contributed by atoms with E-state index in [-0.39, 0.29) is 0 Å². The van der Waals surface area contributed by atoms with Crippen molar-refractivity contribution in [3.63, 3.8) is 0 Å². The maximum Gasteiger partial charge on any atom is 0.185 e. The summed E-state index contributed by atoms with van der Waals surface area (Å²) < 4.78 is 0.414. The van der Waals surface area contributed by atoms with Gasteiger partial charge in [-0.25, -0.2) is 4.98 Å². The van der Waals surface area contributed by atoms with E-state index in [1.54, 1.807) is 0 Å². The fraction of sp³-hybridized carbons (Fsp3) is 0.800. The van der Waals surface area contributed by atoms with E-state index in [0.717, 1.165) is 25.7 Å². The molecular formula is C15H25N3S2. The van der Waals surface area contributed by atoms with Crippen molar-refractivity contribution in [1.29, 1.82) is 0 Å². The topological polar surface area (TPSA) is 28.2 Å². The molecule has 0 spiro atoms. The first kappa shape index (κ1) is 14.7. The number of hydrogen-bond donors (Lipinski definition) is 1. The van der Waals surface area contributed by atoms with Gasteiger partial charge in [0.1, 0.15) is 0 Å². The number of nitrogens with zero attached hydrogens (tertiary/aromatic N) is 2. The van der Waals surface area contributed by atoms with Crippen LogP contribution in [0.5, 0.6) is 0 Å². The number of thioether (sulfide) groups is 1. The predicted octanol–water partition coefficient (Wildman–Crippen LogP) is 3.43. The molecule has 0 amide bonds. The van der Waals surface area contributed by atoms with Gasteiger partial charge in [0.05, 0.1) is 5.69 Å². The van der Waals surface area contributed by atoms with Gasteiger partial charge in [0.15, 0.2) is 5.13 Å². The largest absolute Gasteiger partial charge is 0.347 e. The monoisotopic (exact) mass is 311 g/mol. The van der Waals surface area contributed by atoms with Crippen LogP contribution >= 0.6 is 23.1 Å². The van der Waals surface area contributed by atoms with Crippen molar-refractivity contribution in [2.45, 2.75) is 57.4 Å². The zero-order valence-corrected chi connectivity index (χ0v) is 14.4. The molecule has 1 aromatic heterocycles. The van der Waals surface area contributed by atoms with Crippen LogP contribution in [0.2, 0.25) is 0 Å². The van der Waals surface area contributed by atoms with E-state index in [4.69, 9.17) is 4.98 Å². The van der Waals surface area contributed by atoms with Gasteiger partial charge in [0.2, 0.25) is 0 Å². The lowest BCUT2D eigenvalue weighted by atomic mass is 10.1. The third-order valence-corrected chi connectivity index (χ3v) is 6.71. The van der Waals surface area contributed by atoms with Gasteiger partial charge in [0.25, 0.3) is 0 Å². The Bertz CT molecular complexity index is 466. The summed E-state index contributed by atoms with van der Waals surface area (Å²) in [6, 6.07) is 0.773. The van der Waals surface area contributed by atoms with Gasteiger partial charge in [0, 0.05) is 41.1 Å². The number of aromatic nitrogens is 1. The molecule has 2 aliphatic rings. The Kier molecular flexibility index (Phi) is 4.29. The lowest BCUT2D eigenvalue weighted by Gasteiger charge is -2.22. The molecule has 0 radical (unpaired) electrons. The van der Waals surface area contributed by atoms with Crippen molar-refractivity contribution in [2.75, 3.05) is 23.7 Å². The van der Waals surface area contributed by atoms with Crippen molar-refractivity contribution in [2.24, 2.45) is 0 Å². The molecule has 1 saturated carbocycles. The molecule has 1 aliphatic heterocycles. The maximum absolute atomic E-state index is 4.82. The normalized spacial score (nSPS) is 22.9. The van der Waals surface area contributed by atoms with Gasteiger partial charge >= 0.3 is 0 Å². The molecule has 1 N–H and O–H groups in total. The summed E-state index contributed by atoms with van der Waals surface area (Å²) in [7, 11) is 0. The molecule has 0 unspecified atom stereocenters. The van der Waals surface area contributed by atoms with E-state index in [1.807, 2.05) is 11.3 Å². The third-order valence-electron chi connectivity index (χ3n) is 4.12. The Hall–Kier alpha value is -0.260. The highest BCUT2D eigenvalue weighted by Crippen LogP contribution is 2.34. The molecule has 1 aliphatic carbocycles.